The summed E-state index contributed by atoms with van der Waals surface area (Å²) in [6, 6.07) is 17.2. The standard InChI is InChI=1S/C31H39FN2O3/c1-4-34(5-2)16-17-37-31-13-6-22(18-29(31)32)14-15-33-30-21-27(36-3)11-12-28(30)25-8-7-24-20-26(35)10-9-23(24)19-25/h6,9-13,18,20-21,25,33,35H,4-5,7-8,14-17,19H2,1-3H3. The number of aromatic hydroxyl groups is 1. The highest BCUT2D eigenvalue weighted by atomic mass is 19.1. The molecule has 0 radical (unpaired) electrons. The van der Waals surface area contributed by atoms with Gasteiger partial charge in [0.15, 0.2) is 11.6 Å². The minimum atomic E-state index is -0.314. The first-order valence-electron chi connectivity index (χ1n) is 13.4. The van der Waals surface area contributed by atoms with Crippen LogP contribution >= 0.6 is 0 Å². The number of nitrogens with zero attached hydrogens (tertiary/aromatic N) is 1. The largest absolute Gasteiger partial charge is 0.508 e. The predicted molar refractivity (Wildman–Crippen MR) is 148 cm³/mol. The summed E-state index contributed by atoms with van der Waals surface area (Å²) in [6.45, 7) is 8.09. The van der Waals surface area contributed by atoms with Gasteiger partial charge < -0.3 is 24.8 Å². The predicted octanol–water partition coefficient (Wildman–Crippen LogP) is 6.19. The van der Waals surface area contributed by atoms with Crippen molar-refractivity contribution in [3.63, 3.8) is 0 Å². The molecule has 0 spiro atoms. The number of phenols is 1. The number of ether oxygens (including phenoxy) is 2. The van der Waals surface area contributed by atoms with Gasteiger partial charge >= 0.3 is 0 Å². The summed E-state index contributed by atoms with van der Waals surface area (Å²) in [4.78, 5) is 2.25. The first-order chi connectivity index (χ1) is 18.0. The van der Waals surface area contributed by atoms with Crippen LogP contribution in [0.4, 0.5) is 10.1 Å². The van der Waals surface area contributed by atoms with Crippen molar-refractivity contribution in [2.75, 3.05) is 45.2 Å². The molecule has 0 bridgehead atoms. The molecule has 0 aromatic heterocycles. The van der Waals surface area contributed by atoms with Gasteiger partial charge in [-0.05, 0) is 97.3 Å². The lowest BCUT2D eigenvalue weighted by molar-refractivity contribution is 0.217. The molecule has 198 valence electrons. The van der Waals surface area contributed by atoms with E-state index in [1.54, 1.807) is 25.3 Å². The van der Waals surface area contributed by atoms with E-state index in [2.05, 4.69) is 36.2 Å². The molecular weight excluding hydrogens is 467 g/mol. The van der Waals surface area contributed by atoms with E-state index in [-0.39, 0.29) is 5.82 Å². The molecule has 1 unspecified atom stereocenters. The van der Waals surface area contributed by atoms with Crippen LogP contribution in [0.15, 0.2) is 54.6 Å². The van der Waals surface area contributed by atoms with Crippen LogP contribution in [0.1, 0.15) is 48.4 Å². The zero-order valence-electron chi connectivity index (χ0n) is 22.2. The molecule has 4 rings (SSSR count). The van der Waals surface area contributed by atoms with Crippen LogP contribution in [-0.4, -0.2) is 49.9 Å². The number of nitrogens with one attached hydrogen (secondary N) is 1. The Morgan fingerprint density at radius 2 is 1.86 bits per heavy atom. The molecule has 0 amide bonds. The average Bonchev–Trinajstić information content (AvgIpc) is 2.92. The molecule has 0 fully saturated rings. The van der Waals surface area contributed by atoms with Gasteiger partial charge in [-0.1, -0.05) is 32.0 Å². The molecule has 37 heavy (non-hydrogen) atoms. The van der Waals surface area contributed by atoms with Gasteiger partial charge in [0.1, 0.15) is 18.1 Å². The molecular formula is C31H39FN2O3. The van der Waals surface area contributed by atoms with Gasteiger partial charge in [-0.15, -0.1) is 0 Å². The molecule has 3 aromatic rings. The molecule has 1 aliphatic carbocycles. The van der Waals surface area contributed by atoms with Gasteiger partial charge in [-0.25, -0.2) is 4.39 Å². The fourth-order valence-electron chi connectivity index (χ4n) is 5.16. The molecule has 0 saturated carbocycles. The van der Waals surface area contributed by atoms with E-state index in [9.17, 15) is 9.50 Å². The van der Waals surface area contributed by atoms with Crippen LogP contribution < -0.4 is 14.8 Å². The Morgan fingerprint density at radius 3 is 2.62 bits per heavy atom. The Kier molecular flexibility index (Phi) is 9.29. The van der Waals surface area contributed by atoms with Gasteiger partial charge in [0.25, 0.3) is 0 Å². The summed E-state index contributed by atoms with van der Waals surface area (Å²) in [6.07, 6.45) is 3.61. The van der Waals surface area contributed by atoms with E-state index >= 15 is 0 Å². The Bertz CT molecular complexity index is 1180. The maximum atomic E-state index is 14.6. The maximum Gasteiger partial charge on any atom is 0.165 e. The first-order valence-corrected chi connectivity index (χ1v) is 13.4. The molecule has 3 aromatic carbocycles. The third-order valence-electron chi connectivity index (χ3n) is 7.40. The number of likely N-dealkylation sites (N-methyl/N-ethyl adjacent to an activating group) is 1. The third kappa shape index (κ3) is 6.95. The SMILES string of the molecule is CCN(CC)CCOc1ccc(CCNc2cc(OC)ccc2C2CCc3cc(O)ccc3C2)cc1F. The second-order valence-electron chi connectivity index (χ2n) is 9.66. The normalized spacial score (nSPS) is 14.9. The summed E-state index contributed by atoms with van der Waals surface area (Å²) in [5.41, 5.74) is 5.79. The van der Waals surface area contributed by atoms with Crippen LogP contribution in [0.5, 0.6) is 17.2 Å². The van der Waals surface area contributed by atoms with Crippen molar-refractivity contribution in [3.8, 4) is 17.2 Å². The van der Waals surface area contributed by atoms with E-state index in [0.29, 0.717) is 37.0 Å². The Hall–Kier alpha value is -3.25. The number of halogens is 1. The highest BCUT2D eigenvalue weighted by Gasteiger charge is 2.23. The van der Waals surface area contributed by atoms with Crippen LogP contribution in [0.25, 0.3) is 0 Å². The lowest BCUT2D eigenvalue weighted by Crippen LogP contribution is -2.28. The van der Waals surface area contributed by atoms with Gasteiger partial charge in [-0.3, -0.25) is 0 Å². The number of hydrogen-bond acceptors (Lipinski definition) is 5. The summed E-state index contributed by atoms with van der Waals surface area (Å²) in [7, 11) is 1.68. The molecule has 0 aliphatic heterocycles. The van der Waals surface area contributed by atoms with Crippen LogP contribution in [-0.2, 0) is 19.3 Å². The van der Waals surface area contributed by atoms with Crippen LogP contribution in [0.2, 0.25) is 0 Å². The highest BCUT2D eigenvalue weighted by molar-refractivity contribution is 5.58. The lowest BCUT2D eigenvalue weighted by atomic mass is 9.79. The Balaban J connectivity index is 1.38. The monoisotopic (exact) mass is 506 g/mol. The van der Waals surface area contributed by atoms with Crippen molar-refractivity contribution in [2.45, 2.75) is 45.4 Å². The number of anilines is 1. The van der Waals surface area contributed by atoms with Crippen molar-refractivity contribution in [1.82, 2.24) is 4.90 Å². The summed E-state index contributed by atoms with van der Waals surface area (Å²) in [5, 5.41) is 13.4. The molecule has 2 N–H and O–H groups in total. The van der Waals surface area contributed by atoms with Gasteiger partial charge in [0.05, 0.1) is 7.11 Å². The average molecular weight is 507 g/mol. The summed E-state index contributed by atoms with van der Waals surface area (Å²) >= 11 is 0. The fourth-order valence-corrected chi connectivity index (χ4v) is 5.16. The summed E-state index contributed by atoms with van der Waals surface area (Å²) < 4.78 is 25.8. The second-order valence-corrected chi connectivity index (χ2v) is 9.66. The number of rotatable bonds is 12. The third-order valence-corrected chi connectivity index (χ3v) is 7.40. The molecule has 6 heteroatoms. The zero-order chi connectivity index (χ0) is 26.2. The Labute approximate surface area is 220 Å². The van der Waals surface area contributed by atoms with E-state index in [1.165, 1.54) is 16.7 Å². The number of phenolic OH excluding ortho intramolecular Hbond substituents is 1. The first kappa shape index (κ1) is 26.8. The second kappa shape index (κ2) is 12.8. The highest BCUT2D eigenvalue weighted by Crippen LogP contribution is 2.38. The van der Waals surface area contributed by atoms with E-state index in [0.717, 1.165) is 55.9 Å². The van der Waals surface area contributed by atoms with Crippen molar-refractivity contribution >= 4 is 5.69 Å². The quantitative estimate of drug-likeness (QED) is 0.307. The number of benzene rings is 3. The molecule has 1 aliphatic rings. The number of hydrogen-bond donors (Lipinski definition) is 2. The minimum Gasteiger partial charge on any atom is -0.508 e. The van der Waals surface area contributed by atoms with Crippen molar-refractivity contribution in [1.29, 1.82) is 0 Å². The topological polar surface area (TPSA) is 54.0 Å². The van der Waals surface area contributed by atoms with E-state index in [1.807, 2.05) is 24.3 Å². The van der Waals surface area contributed by atoms with Crippen LogP contribution in [0, 0.1) is 5.82 Å². The minimum absolute atomic E-state index is 0.310. The van der Waals surface area contributed by atoms with Crippen molar-refractivity contribution in [3.05, 3.63) is 82.7 Å². The number of methoxy groups -OCH3 is 1. The van der Waals surface area contributed by atoms with Crippen molar-refractivity contribution < 1.29 is 19.0 Å². The molecule has 0 saturated heterocycles. The fraction of sp³-hybridized carbons (Fsp3) is 0.419. The molecule has 5 nitrogen and oxygen atoms in total. The molecule has 1 atom stereocenters. The number of fused-ring (bicyclic) bond motifs is 1. The summed E-state index contributed by atoms with van der Waals surface area (Å²) in [5.74, 6) is 1.52. The smallest absolute Gasteiger partial charge is 0.165 e. The lowest BCUT2D eigenvalue weighted by Gasteiger charge is -2.27. The van der Waals surface area contributed by atoms with Crippen LogP contribution in [0.3, 0.4) is 0 Å². The van der Waals surface area contributed by atoms with Gasteiger partial charge in [-0.2, -0.15) is 0 Å². The van der Waals surface area contributed by atoms with E-state index in [4.69, 9.17) is 9.47 Å². The number of aryl methyl sites for hydroxylation is 1. The van der Waals surface area contributed by atoms with Gasteiger partial charge in [0.2, 0.25) is 0 Å². The molecule has 0 heterocycles. The zero-order valence-corrected chi connectivity index (χ0v) is 22.2. The van der Waals surface area contributed by atoms with Gasteiger partial charge in [0, 0.05) is 24.8 Å². The maximum absolute atomic E-state index is 14.6. The van der Waals surface area contributed by atoms with Crippen molar-refractivity contribution in [2.24, 2.45) is 0 Å². The Morgan fingerprint density at radius 1 is 1.03 bits per heavy atom. The van der Waals surface area contributed by atoms with E-state index < -0.39 is 0 Å².